The monoisotopic (exact) mass is 254 g/mol. The first kappa shape index (κ1) is 39.7. The van der Waals surface area contributed by atoms with Gasteiger partial charge in [0, 0.05) is 49.8 Å². The summed E-state index contributed by atoms with van der Waals surface area (Å²) in [5.74, 6) is 0. The number of rotatable bonds is 0. The molecule has 0 aromatic carbocycles. The molecule has 1 nitrogen and oxygen atoms in total. The Morgan fingerprint density at radius 1 is 1.00 bits per heavy atom. The van der Waals surface area contributed by atoms with Crippen LogP contribution in [0.2, 0.25) is 0 Å². The summed E-state index contributed by atoms with van der Waals surface area (Å²) in [6.07, 6.45) is 0. The fourth-order valence-electron chi connectivity index (χ4n) is 0. The molecule has 0 unspecified atom stereocenters. The van der Waals surface area contributed by atoms with E-state index < -0.39 is 0 Å². The average molecular weight is 255 g/mol. The second-order valence-electron chi connectivity index (χ2n) is 0. The van der Waals surface area contributed by atoms with E-state index in [1.54, 1.807) is 15.9 Å². The van der Waals surface area contributed by atoms with Crippen LogP contribution in [0.4, 0.5) is 0 Å². The Balaban J connectivity index is -0.000000000833. The molecule has 0 aromatic heterocycles. The Morgan fingerprint density at radius 2 is 1.00 bits per heavy atom. The minimum absolute atomic E-state index is 0. The van der Waals surface area contributed by atoms with E-state index in [0.29, 0.717) is 0 Å². The van der Waals surface area contributed by atoms with Gasteiger partial charge < -0.3 is 0 Å². The van der Waals surface area contributed by atoms with Gasteiger partial charge in [0.15, 0.2) is 0 Å². The van der Waals surface area contributed by atoms with Gasteiger partial charge in [0.05, 0.1) is 0 Å². The molecule has 6 heavy (non-hydrogen) atoms. The molecule has 0 bridgehead atoms. The van der Waals surface area contributed by atoms with E-state index in [-0.39, 0.29) is 68.6 Å². The molecule has 0 heterocycles. The fourth-order valence-corrected chi connectivity index (χ4v) is 0. The van der Waals surface area contributed by atoms with Crippen molar-refractivity contribution in [3.05, 3.63) is 0 Å². The van der Waals surface area contributed by atoms with Crippen LogP contribution in [-0.2, 0) is 69.5 Å². The molecule has 0 aliphatic heterocycles. The van der Waals surface area contributed by atoms with Crippen LogP contribution < -0.4 is 0 Å². The molecule has 44 valence electrons. The van der Waals surface area contributed by atoms with Gasteiger partial charge in [-0.1, -0.05) is 0 Å². The standard InChI is InChI=1S/Co.Li.Mn.2Ni.O.H. The Labute approximate surface area is 87.4 Å². The van der Waals surface area contributed by atoms with Crippen LogP contribution in [0.15, 0.2) is 0 Å². The fraction of sp³-hybridized carbons (Fsp3) is 0. The van der Waals surface area contributed by atoms with Gasteiger partial charge in [-0.2, -0.15) is 0 Å². The van der Waals surface area contributed by atoms with Crippen molar-refractivity contribution in [2.24, 2.45) is 0 Å². The van der Waals surface area contributed by atoms with Crippen LogP contribution in [0.3, 0.4) is 0 Å². The first-order valence-corrected chi connectivity index (χ1v) is 0.636. The molecule has 0 saturated heterocycles. The van der Waals surface area contributed by atoms with Gasteiger partial charge in [0.1, 0.15) is 0 Å². The molecule has 0 atom stereocenters. The number of hydrogen-bond acceptors (Lipinski definition) is 1. The van der Waals surface area contributed by atoms with E-state index >= 15 is 0 Å². The molecule has 0 aromatic rings. The van der Waals surface area contributed by atoms with Crippen molar-refractivity contribution in [1.29, 1.82) is 0 Å². The molecule has 0 N–H and O–H groups in total. The van der Waals surface area contributed by atoms with Gasteiger partial charge in [-0.05, 0) is 0 Å². The van der Waals surface area contributed by atoms with Crippen LogP contribution in [-0.4, -0.2) is 18.9 Å². The normalized spacial score (nSPS) is 0.667. The third-order valence-corrected chi connectivity index (χ3v) is 0. The summed E-state index contributed by atoms with van der Waals surface area (Å²) in [7, 11) is 0. The zero-order valence-corrected chi connectivity index (χ0v) is 5.95. The quantitative estimate of drug-likeness (QED) is 0.519. The summed E-state index contributed by atoms with van der Waals surface area (Å²) in [5.41, 5.74) is 0. The zero-order chi connectivity index (χ0) is 2.00. The van der Waals surface area contributed by atoms with Crippen molar-refractivity contribution in [3.63, 3.8) is 0 Å². The third-order valence-electron chi connectivity index (χ3n) is 0. The molecule has 6 heteroatoms. The van der Waals surface area contributed by atoms with Crippen molar-refractivity contribution < 1.29 is 69.5 Å². The second-order valence-corrected chi connectivity index (χ2v) is 0. The molecule has 1 radical (unpaired) electrons. The van der Waals surface area contributed by atoms with E-state index in [1.165, 1.54) is 0 Å². The predicted molar refractivity (Wildman–Crippen MR) is 7.84 cm³/mol. The van der Waals surface area contributed by atoms with Crippen LogP contribution in [0.1, 0.15) is 0 Å². The molecule has 0 spiro atoms. The van der Waals surface area contributed by atoms with E-state index in [4.69, 9.17) is 3.83 Å². The van der Waals surface area contributed by atoms with Gasteiger partial charge >= 0.3 is 38.6 Å². The van der Waals surface area contributed by atoms with Crippen LogP contribution in [0.5, 0.6) is 0 Å². The Morgan fingerprint density at radius 3 is 1.00 bits per heavy atom. The Hall–Kier alpha value is 2.41. The molecular weight excluding hydrogens is 254 g/mol. The summed E-state index contributed by atoms with van der Waals surface area (Å²) < 4.78 is 8.06. The molecule has 0 amide bonds. The average Bonchev–Trinajstić information content (AvgIpc) is 1.00. The maximum absolute atomic E-state index is 8.06. The maximum atomic E-state index is 8.06. The predicted octanol–water partition coefficient (Wildman–Crippen LogP) is -0.777. The molecule has 0 saturated carbocycles. The first-order valence-electron chi connectivity index (χ1n) is 0.154. The van der Waals surface area contributed by atoms with E-state index in [9.17, 15) is 0 Å². The Bertz CT molecular complexity index is 13.5. The second kappa shape index (κ2) is 52.4. The molecule has 0 aliphatic carbocycles. The van der Waals surface area contributed by atoms with Crippen LogP contribution in [0, 0.1) is 0 Å². The van der Waals surface area contributed by atoms with Crippen molar-refractivity contribution >= 4 is 18.9 Å². The topological polar surface area (TPSA) is 17.1 Å². The summed E-state index contributed by atoms with van der Waals surface area (Å²) >= 11 is 1.69. The van der Waals surface area contributed by atoms with Crippen LogP contribution in [0.25, 0.3) is 0 Å². The van der Waals surface area contributed by atoms with Crippen LogP contribution >= 0.6 is 0 Å². The zero-order valence-electron chi connectivity index (χ0n) is 1.75. The van der Waals surface area contributed by atoms with Crippen molar-refractivity contribution in [1.82, 2.24) is 0 Å². The van der Waals surface area contributed by atoms with E-state index in [0.717, 1.165) is 0 Å². The van der Waals surface area contributed by atoms with Gasteiger partial charge in [-0.3, -0.25) is 0 Å². The minimum atomic E-state index is 0. The molecule has 0 fully saturated rings. The van der Waals surface area contributed by atoms with Gasteiger partial charge in [0.2, 0.25) is 0 Å². The van der Waals surface area contributed by atoms with Crippen molar-refractivity contribution in [2.75, 3.05) is 0 Å². The molecular formula is HCoLiMnNi2O. The van der Waals surface area contributed by atoms with Crippen molar-refractivity contribution in [3.8, 4) is 0 Å². The molecule has 0 aliphatic rings. The van der Waals surface area contributed by atoms with E-state index in [1.807, 2.05) is 0 Å². The van der Waals surface area contributed by atoms with Gasteiger partial charge in [0.25, 0.3) is 0 Å². The SMILES string of the molecule is [Co].[LiH].[Ni].[Ni].[O]=[Mn]. The summed E-state index contributed by atoms with van der Waals surface area (Å²) in [6.45, 7) is 0. The molecule has 0 rings (SSSR count). The van der Waals surface area contributed by atoms with Gasteiger partial charge in [-0.15, -0.1) is 0 Å². The third kappa shape index (κ3) is 32.3. The van der Waals surface area contributed by atoms with Gasteiger partial charge in [-0.25, -0.2) is 0 Å². The summed E-state index contributed by atoms with van der Waals surface area (Å²) in [6, 6.07) is 0. The number of hydrogen-bond donors (Lipinski definition) is 0. The summed E-state index contributed by atoms with van der Waals surface area (Å²) in [5, 5.41) is 0. The van der Waals surface area contributed by atoms with Crippen molar-refractivity contribution in [2.45, 2.75) is 0 Å². The Kier molecular flexibility index (Phi) is 347. The summed E-state index contributed by atoms with van der Waals surface area (Å²) in [4.78, 5) is 0. The van der Waals surface area contributed by atoms with E-state index in [2.05, 4.69) is 0 Å². The first-order chi connectivity index (χ1) is 1.00.